The first-order chi connectivity index (χ1) is 12.7. The van der Waals surface area contributed by atoms with Gasteiger partial charge in [-0.1, -0.05) is 42.5 Å². The molecule has 0 aromatic heterocycles. The SMILES string of the molecule is COc1cccc(C2CCC(OCc3ccccc3)CC2CN(C)C)c1. The molecule has 0 aliphatic heterocycles. The molecular weight excluding hydrogens is 322 g/mol. The van der Waals surface area contributed by atoms with E-state index < -0.39 is 0 Å². The van der Waals surface area contributed by atoms with Crippen LogP contribution in [0.2, 0.25) is 0 Å². The van der Waals surface area contributed by atoms with Crippen LogP contribution in [0, 0.1) is 5.92 Å². The van der Waals surface area contributed by atoms with Crippen LogP contribution in [-0.4, -0.2) is 38.8 Å². The van der Waals surface area contributed by atoms with Crippen molar-refractivity contribution < 1.29 is 9.47 Å². The van der Waals surface area contributed by atoms with Gasteiger partial charge in [-0.05, 0) is 68.5 Å². The fraction of sp³-hybridized carbons (Fsp3) is 0.478. The molecule has 1 aliphatic rings. The lowest BCUT2D eigenvalue weighted by atomic mass is 9.74. The predicted molar refractivity (Wildman–Crippen MR) is 107 cm³/mol. The molecule has 3 atom stereocenters. The van der Waals surface area contributed by atoms with Gasteiger partial charge in [0, 0.05) is 6.54 Å². The summed E-state index contributed by atoms with van der Waals surface area (Å²) in [5.74, 6) is 2.13. The summed E-state index contributed by atoms with van der Waals surface area (Å²) in [5, 5.41) is 0. The van der Waals surface area contributed by atoms with Crippen molar-refractivity contribution in [2.75, 3.05) is 27.7 Å². The summed E-state index contributed by atoms with van der Waals surface area (Å²) in [6.45, 7) is 1.80. The van der Waals surface area contributed by atoms with Crippen LogP contribution >= 0.6 is 0 Å². The molecule has 3 unspecified atom stereocenters. The van der Waals surface area contributed by atoms with Gasteiger partial charge in [0.1, 0.15) is 5.75 Å². The third-order valence-electron chi connectivity index (χ3n) is 5.38. The van der Waals surface area contributed by atoms with Crippen molar-refractivity contribution in [3.63, 3.8) is 0 Å². The van der Waals surface area contributed by atoms with Crippen LogP contribution in [0.25, 0.3) is 0 Å². The molecule has 3 nitrogen and oxygen atoms in total. The van der Waals surface area contributed by atoms with Gasteiger partial charge in [-0.2, -0.15) is 0 Å². The van der Waals surface area contributed by atoms with E-state index in [0.29, 0.717) is 24.5 Å². The van der Waals surface area contributed by atoms with E-state index in [1.54, 1.807) is 7.11 Å². The highest BCUT2D eigenvalue weighted by Crippen LogP contribution is 2.40. The molecule has 2 aromatic rings. The minimum atomic E-state index is 0.349. The standard InChI is InChI=1S/C23H31NO2/c1-24(2)16-20-15-22(26-17-18-8-5-4-6-9-18)12-13-23(20)19-10-7-11-21(14-19)25-3/h4-11,14,20,22-23H,12-13,15-17H2,1-3H3. The lowest BCUT2D eigenvalue weighted by Crippen LogP contribution is -2.34. The molecule has 3 heteroatoms. The third kappa shape index (κ3) is 5.09. The average Bonchev–Trinajstić information content (AvgIpc) is 2.67. The van der Waals surface area contributed by atoms with Gasteiger partial charge in [0.15, 0.2) is 0 Å². The van der Waals surface area contributed by atoms with Gasteiger partial charge in [0.2, 0.25) is 0 Å². The van der Waals surface area contributed by atoms with Crippen LogP contribution in [-0.2, 0) is 11.3 Å². The Morgan fingerprint density at radius 2 is 1.81 bits per heavy atom. The van der Waals surface area contributed by atoms with Crippen molar-refractivity contribution >= 4 is 0 Å². The first-order valence-corrected chi connectivity index (χ1v) is 9.60. The van der Waals surface area contributed by atoms with Gasteiger partial charge < -0.3 is 14.4 Å². The zero-order valence-electron chi connectivity index (χ0n) is 16.2. The summed E-state index contributed by atoms with van der Waals surface area (Å²) in [6.07, 6.45) is 3.76. The van der Waals surface area contributed by atoms with E-state index in [0.717, 1.165) is 25.1 Å². The van der Waals surface area contributed by atoms with Crippen LogP contribution in [0.5, 0.6) is 5.75 Å². The maximum Gasteiger partial charge on any atom is 0.119 e. The molecule has 3 rings (SSSR count). The summed E-state index contributed by atoms with van der Waals surface area (Å²) >= 11 is 0. The van der Waals surface area contributed by atoms with Crippen molar-refractivity contribution in [2.24, 2.45) is 5.92 Å². The fourth-order valence-electron chi connectivity index (χ4n) is 4.14. The molecule has 140 valence electrons. The van der Waals surface area contributed by atoms with E-state index in [1.165, 1.54) is 17.5 Å². The van der Waals surface area contributed by atoms with E-state index in [1.807, 2.05) is 6.07 Å². The molecular formula is C23H31NO2. The Bertz CT molecular complexity index is 671. The molecule has 2 aromatic carbocycles. The molecule has 0 saturated heterocycles. The second-order valence-electron chi connectivity index (χ2n) is 7.64. The predicted octanol–water partition coefficient (Wildman–Crippen LogP) is 4.73. The van der Waals surface area contributed by atoms with E-state index >= 15 is 0 Å². The Kier molecular flexibility index (Phi) is 6.70. The van der Waals surface area contributed by atoms with Gasteiger partial charge in [0.25, 0.3) is 0 Å². The van der Waals surface area contributed by atoms with Crippen molar-refractivity contribution in [1.82, 2.24) is 4.90 Å². The van der Waals surface area contributed by atoms with E-state index in [-0.39, 0.29) is 0 Å². The fourth-order valence-corrected chi connectivity index (χ4v) is 4.14. The molecule has 0 bridgehead atoms. The molecule has 1 aliphatic carbocycles. The highest BCUT2D eigenvalue weighted by molar-refractivity contribution is 5.31. The number of ether oxygens (including phenoxy) is 2. The van der Waals surface area contributed by atoms with Crippen molar-refractivity contribution in [3.05, 3.63) is 65.7 Å². The normalized spacial score (nSPS) is 23.2. The summed E-state index contributed by atoms with van der Waals surface area (Å²) in [4.78, 5) is 2.30. The summed E-state index contributed by atoms with van der Waals surface area (Å²) in [6, 6.07) is 19.1. The van der Waals surface area contributed by atoms with Gasteiger partial charge in [-0.3, -0.25) is 0 Å². The third-order valence-corrected chi connectivity index (χ3v) is 5.38. The number of rotatable bonds is 7. The Morgan fingerprint density at radius 1 is 1.00 bits per heavy atom. The Labute approximate surface area is 157 Å². The van der Waals surface area contributed by atoms with Crippen molar-refractivity contribution in [2.45, 2.75) is 37.9 Å². The van der Waals surface area contributed by atoms with E-state index in [4.69, 9.17) is 9.47 Å². The molecule has 1 saturated carbocycles. The van der Waals surface area contributed by atoms with E-state index in [2.05, 4.69) is 67.5 Å². The van der Waals surface area contributed by atoms with Crippen LogP contribution in [0.1, 0.15) is 36.3 Å². The Hall–Kier alpha value is -1.84. The lowest BCUT2D eigenvalue weighted by molar-refractivity contribution is -0.00689. The Morgan fingerprint density at radius 3 is 2.54 bits per heavy atom. The first-order valence-electron chi connectivity index (χ1n) is 9.60. The number of benzene rings is 2. The Balaban J connectivity index is 1.66. The van der Waals surface area contributed by atoms with Crippen molar-refractivity contribution in [1.29, 1.82) is 0 Å². The summed E-state index contributed by atoms with van der Waals surface area (Å²) in [7, 11) is 6.07. The minimum absolute atomic E-state index is 0.349. The maximum atomic E-state index is 6.27. The van der Waals surface area contributed by atoms with Gasteiger partial charge in [-0.25, -0.2) is 0 Å². The van der Waals surface area contributed by atoms with E-state index in [9.17, 15) is 0 Å². The summed E-state index contributed by atoms with van der Waals surface area (Å²) in [5.41, 5.74) is 2.66. The molecule has 26 heavy (non-hydrogen) atoms. The highest BCUT2D eigenvalue weighted by Gasteiger charge is 2.32. The lowest BCUT2D eigenvalue weighted by Gasteiger charge is -2.38. The number of hydrogen-bond donors (Lipinski definition) is 0. The highest BCUT2D eigenvalue weighted by atomic mass is 16.5. The van der Waals surface area contributed by atoms with Crippen LogP contribution in [0.15, 0.2) is 54.6 Å². The number of nitrogens with zero attached hydrogens (tertiary/aromatic N) is 1. The molecule has 1 fully saturated rings. The average molecular weight is 354 g/mol. The van der Waals surface area contributed by atoms with Gasteiger partial charge in [0.05, 0.1) is 19.8 Å². The van der Waals surface area contributed by atoms with Crippen LogP contribution < -0.4 is 4.74 Å². The molecule has 0 N–H and O–H groups in total. The number of hydrogen-bond acceptors (Lipinski definition) is 3. The molecule has 0 radical (unpaired) electrons. The zero-order chi connectivity index (χ0) is 18.4. The topological polar surface area (TPSA) is 21.7 Å². The van der Waals surface area contributed by atoms with Crippen LogP contribution in [0.3, 0.4) is 0 Å². The summed E-state index contributed by atoms with van der Waals surface area (Å²) < 4.78 is 11.7. The largest absolute Gasteiger partial charge is 0.497 e. The molecule has 0 spiro atoms. The maximum absolute atomic E-state index is 6.27. The number of methoxy groups -OCH3 is 1. The second-order valence-corrected chi connectivity index (χ2v) is 7.64. The quantitative estimate of drug-likeness (QED) is 0.718. The van der Waals surface area contributed by atoms with Gasteiger partial charge >= 0.3 is 0 Å². The van der Waals surface area contributed by atoms with Gasteiger partial charge in [-0.15, -0.1) is 0 Å². The van der Waals surface area contributed by atoms with Crippen molar-refractivity contribution in [3.8, 4) is 5.75 Å². The first kappa shape index (κ1) is 18.9. The smallest absolute Gasteiger partial charge is 0.119 e. The monoisotopic (exact) mass is 353 g/mol. The van der Waals surface area contributed by atoms with Crippen LogP contribution in [0.4, 0.5) is 0 Å². The zero-order valence-corrected chi connectivity index (χ0v) is 16.2. The molecule has 0 heterocycles. The molecule has 0 amide bonds. The minimum Gasteiger partial charge on any atom is -0.497 e. The second kappa shape index (κ2) is 9.20.